The number of nitrogens with zero attached hydrogens (tertiary/aromatic N) is 2. The zero-order valence-electron chi connectivity index (χ0n) is 10.6. The highest BCUT2D eigenvalue weighted by atomic mass is 16.5. The summed E-state index contributed by atoms with van der Waals surface area (Å²) < 4.78 is 5.12. The highest BCUT2D eigenvalue weighted by Gasteiger charge is 2.24. The van der Waals surface area contributed by atoms with Crippen LogP contribution in [-0.2, 0) is 6.42 Å². The van der Waals surface area contributed by atoms with Gasteiger partial charge in [-0.2, -0.15) is 0 Å². The van der Waals surface area contributed by atoms with Gasteiger partial charge in [-0.05, 0) is 25.8 Å². The van der Waals surface area contributed by atoms with Crippen LogP contribution in [0.15, 0.2) is 12.4 Å². The minimum atomic E-state index is 0.525. The van der Waals surface area contributed by atoms with E-state index in [0.717, 1.165) is 18.0 Å². The van der Waals surface area contributed by atoms with Crippen molar-refractivity contribution in [1.29, 1.82) is 0 Å². The third kappa shape index (κ3) is 3.16. The van der Waals surface area contributed by atoms with Crippen LogP contribution in [0.25, 0.3) is 0 Å². The van der Waals surface area contributed by atoms with Gasteiger partial charge >= 0.3 is 0 Å². The van der Waals surface area contributed by atoms with E-state index in [2.05, 4.69) is 15.3 Å². The Morgan fingerprint density at radius 1 is 1.41 bits per heavy atom. The Labute approximate surface area is 103 Å². The SMILES string of the molecule is CNC(Cc1cc(OC)ncn1)C1CCCC1. The lowest BCUT2D eigenvalue weighted by molar-refractivity contribution is 0.370. The van der Waals surface area contributed by atoms with E-state index < -0.39 is 0 Å². The van der Waals surface area contributed by atoms with E-state index in [1.54, 1.807) is 13.4 Å². The van der Waals surface area contributed by atoms with Gasteiger partial charge in [-0.15, -0.1) is 0 Å². The first-order valence-electron chi connectivity index (χ1n) is 6.35. The zero-order valence-corrected chi connectivity index (χ0v) is 10.6. The van der Waals surface area contributed by atoms with Gasteiger partial charge in [0.1, 0.15) is 6.33 Å². The van der Waals surface area contributed by atoms with Crippen LogP contribution >= 0.6 is 0 Å². The van der Waals surface area contributed by atoms with Crippen molar-refractivity contribution in [3.63, 3.8) is 0 Å². The molecule has 1 N–H and O–H groups in total. The van der Waals surface area contributed by atoms with Crippen molar-refractivity contribution in [2.45, 2.75) is 38.1 Å². The summed E-state index contributed by atoms with van der Waals surface area (Å²) in [5, 5.41) is 3.43. The molecule has 4 heteroatoms. The van der Waals surface area contributed by atoms with E-state index in [4.69, 9.17) is 4.74 Å². The maximum Gasteiger partial charge on any atom is 0.216 e. The van der Waals surface area contributed by atoms with Gasteiger partial charge in [-0.3, -0.25) is 0 Å². The summed E-state index contributed by atoms with van der Waals surface area (Å²) in [5.74, 6) is 1.44. The van der Waals surface area contributed by atoms with E-state index in [0.29, 0.717) is 11.9 Å². The maximum atomic E-state index is 5.12. The van der Waals surface area contributed by atoms with Crippen molar-refractivity contribution in [3.8, 4) is 5.88 Å². The van der Waals surface area contributed by atoms with Crippen LogP contribution in [0.1, 0.15) is 31.4 Å². The first kappa shape index (κ1) is 12.3. The predicted octanol–water partition coefficient (Wildman–Crippen LogP) is 1.81. The molecule has 0 spiro atoms. The Morgan fingerprint density at radius 3 is 2.82 bits per heavy atom. The molecule has 0 bridgehead atoms. The molecule has 0 amide bonds. The Balaban J connectivity index is 2.01. The number of methoxy groups -OCH3 is 1. The van der Waals surface area contributed by atoms with Crippen LogP contribution in [0.2, 0.25) is 0 Å². The van der Waals surface area contributed by atoms with Gasteiger partial charge in [0.25, 0.3) is 0 Å². The number of rotatable bonds is 5. The third-order valence-corrected chi connectivity index (χ3v) is 3.68. The van der Waals surface area contributed by atoms with Crippen LogP contribution in [0.3, 0.4) is 0 Å². The molecule has 1 aliphatic carbocycles. The molecule has 0 radical (unpaired) electrons. The minimum Gasteiger partial charge on any atom is -0.481 e. The molecule has 4 nitrogen and oxygen atoms in total. The molecular weight excluding hydrogens is 214 g/mol. The molecule has 1 atom stereocenters. The summed E-state index contributed by atoms with van der Waals surface area (Å²) in [6.45, 7) is 0. The molecule has 0 aliphatic heterocycles. The summed E-state index contributed by atoms with van der Waals surface area (Å²) in [5.41, 5.74) is 1.06. The highest BCUT2D eigenvalue weighted by molar-refractivity contribution is 5.14. The van der Waals surface area contributed by atoms with Crippen molar-refractivity contribution in [3.05, 3.63) is 18.1 Å². The summed E-state index contributed by atoms with van der Waals surface area (Å²) in [6, 6.07) is 2.45. The first-order chi connectivity index (χ1) is 8.33. The van der Waals surface area contributed by atoms with Crippen LogP contribution in [-0.4, -0.2) is 30.2 Å². The average molecular weight is 235 g/mol. The molecule has 1 unspecified atom stereocenters. The lowest BCUT2D eigenvalue weighted by atomic mass is 9.94. The summed E-state index contributed by atoms with van der Waals surface area (Å²) in [4.78, 5) is 8.35. The molecule has 1 aliphatic rings. The molecule has 0 saturated heterocycles. The number of ether oxygens (including phenoxy) is 1. The fraction of sp³-hybridized carbons (Fsp3) is 0.692. The van der Waals surface area contributed by atoms with Crippen molar-refractivity contribution in [2.75, 3.05) is 14.2 Å². The molecule has 1 heterocycles. The largest absolute Gasteiger partial charge is 0.481 e. The summed E-state index contributed by atoms with van der Waals surface area (Å²) >= 11 is 0. The molecular formula is C13H21N3O. The molecule has 2 rings (SSSR count). The van der Waals surface area contributed by atoms with Crippen LogP contribution in [0.4, 0.5) is 0 Å². The maximum absolute atomic E-state index is 5.12. The second-order valence-electron chi connectivity index (χ2n) is 4.70. The van der Waals surface area contributed by atoms with E-state index >= 15 is 0 Å². The quantitative estimate of drug-likeness (QED) is 0.845. The highest BCUT2D eigenvalue weighted by Crippen LogP contribution is 2.29. The van der Waals surface area contributed by atoms with Gasteiger partial charge in [0, 0.05) is 24.2 Å². The number of likely N-dealkylation sites (N-methyl/N-ethyl adjacent to an activating group) is 1. The fourth-order valence-corrected chi connectivity index (χ4v) is 2.69. The number of aromatic nitrogens is 2. The summed E-state index contributed by atoms with van der Waals surface area (Å²) in [7, 11) is 3.68. The molecule has 1 aromatic rings. The third-order valence-electron chi connectivity index (χ3n) is 3.68. The van der Waals surface area contributed by atoms with Crippen molar-refractivity contribution in [1.82, 2.24) is 15.3 Å². The van der Waals surface area contributed by atoms with Crippen LogP contribution < -0.4 is 10.1 Å². The first-order valence-corrected chi connectivity index (χ1v) is 6.35. The standard InChI is InChI=1S/C13H21N3O/c1-14-12(10-5-3-4-6-10)7-11-8-13(17-2)16-9-15-11/h8-10,12,14H,3-7H2,1-2H3. The Bertz CT molecular complexity index is 350. The van der Waals surface area contributed by atoms with Crippen molar-refractivity contribution in [2.24, 2.45) is 5.92 Å². The summed E-state index contributed by atoms with van der Waals surface area (Å²) in [6.07, 6.45) is 7.96. The normalized spacial score (nSPS) is 18.2. The van der Waals surface area contributed by atoms with Crippen molar-refractivity contribution < 1.29 is 4.74 Å². The number of hydrogen-bond acceptors (Lipinski definition) is 4. The Morgan fingerprint density at radius 2 is 2.18 bits per heavy atom. The average Bonchev–Trinajstić information content (AvgIpc) is 2.90. The lowest BCUT2D eigenvalue weighted by Crippen LogP contribution is -2.34. The second-order valence-corrected chi connectivity index (χ2v) is 4.70. The molecule has 1 aromatic heterocycles. The molecule has 0 aromatic carbocycles. The van der Waals surface area contributed by atoms with Gasteiger partial charge in [0.2, 0.25) is 5.88 Å². The van der Waals surface area contributed by atoms with E-state index in [1.807, 2.05) is 13.1 Å². The van der Waals surface area contributed by atoms with E-state index in [-0.39, 0.29) is 0 Å². The van der Waals surface area contributed by atoms with Crippen LogP contribution in [0, 0.1) is 5.92 Å². The zero-order chi connectivity index (χ0) is 12.1. The van der Waals surface area contributed by atoms with Gasteiger partial charge in [0.05, 0.1) is 7.11 Å². The van der Waals surface area contributed by atoms with Gasteiger partial charge < -0.3 is 10.1 Å². The number of hydrogen-bond donors (Lipinski definition) is 1. The number of nitrogens with one attached hydrogen (secondary N) is 1. The van der Waals surface area contributed by atoms with Gasteiger partial charge in [0.15, 0.2) is 0 Å². The Kier molecular flexibility index (Phi) is 4.31. The van der Waals surface area contributed by atoms with Gasteiger partial charge in [-0.1, -0.05) is 12.8 Å². The molecule has 17 heavy (non-hydrogen) atoms. The monoisotopic (exact) mass is 235 g/mol. The Hall–Kier alpha value is -1.16. The van der Waals surface area contributed by atoms with Gasteiger partial charge in [-0.25, -0.2) is 9.97 Å². The smallest absolute Gasteiger partial charge is 0.216 e. The van der Waals surface area contributed by atoms with E-state index in [9.17, 15) is 0 Å². The predicted molar refractivity (Wildman–Crippen MR) is 67.1 cm³/mol. The molecule has 1 fully saturated rings. The molecule has 1 saturated carbocycles. The van der Waals surface area contributed by atoms with Crippen molar-refractivity contribution >= 4 is 0 Å². The topological polar surface area (TPSA) is 47.0 Å². The second kappa shape index (κ2) is 5.96. The fourth-order valence-electron chi connectivity index (χ4n) is 2.69. The van der Waals surface area contributed by atoms with Crippen LogP contribution in [0.5, 0.6) is 5.88 Å². The lowest BCUT2D eigenvalue weighted by Gasteiger charge is -2.22. The van der Waals surface area contributed by atoms with E-state index in [1.165, 1.54) is 25.7 Å². The minimum absolute atomic E-state index is 0.525. The molecule has 94 valence electrons.